The van der Waals surface area contributed by atoms with Gasteiger partial charge in [0.25, 0.3) is 0 Å². The third kappa shape index (κ3) is 1.57. The lowest BCUT2D eigenvalue weighted by Gasteiger charge is -2.36. The molecule has 1 fully saturated rings. The van der Waals surface area contributed by atoms with E-state index >= 15 is 0 Å². The van der Waals surface area contributed by atoms with Crippen molar-refractivity contribution in [3.8, 4) is 0 Å². The topological polar surface area (TPSA) is 16.1 Å². The van der Waals surface area contributed by atoms with Crippen LogP contribution in [0.2, 0.25) is 0 Å². The van der Waals surface area contributed by atoms with Crippen LogP contribution in [-0.4, -0.2) is 29.5 Å². The first-order valence-corrected chi connectivity index (χ1v) is 6.69. The number of hydrogen-bond acceptors (Lipinski definition) is 2. The van der Waals surface area contributed by atoms with Crippen LogP contribution in [0.4, 0.5) is 0 Å². The number of aromatic nitrogens is 1. The van der Waals surface area contributed by atoms with Crippen LogP contribution in [-0.2, 0) is 0 Å². The quantitative estimate of drug-likeness (QED) is 0.756. The van der Waals surface area contributed by atoms with Crippen molar-refractivity contribution >= 4 is 16.5 Å². The Balaban J connectivity index is 1.85. The van der Waals surface area contributed by atoms with Gasteiger partial charge in [-0.15, -0.1) is 0 Å². The van der Waals surface area contributed by atoms with E-state index < -0.39 is 0 Å². The van der Waals surface area contributed by atoms with Crippen molar-refractivity contribution in [2.24, 2.45) is 0 Å². The van der Waals surface area contributed by atoms with Crippen molar-refractivity contribution in [3.63, 3.8) is 0 Å². The van der Waals surface area contributed by atoms with Crippen LogP contribution in [0.3, 0.4) is 0 Å². The third-order valence-electron chi connectivity index (χ3n) is 4.18. The van der Waals surface area contributed by atoms with Gasteiger partial charge < -0.3 is 0 Å². The molecule has 3 aliphatic rings. The minimum absolute atomic E-state index is 1.10. The Bertz CT molecular complexity index is 632. The van der Waals surface area contributed by atoms with Crippen LogP contribution in [0, 0.1) is 0 Å². The maximum absolute atomic E-state index is 4.83. The number of para-hydroxylation sites is 1. The summed E-state index contributed by atoms with van der Waals surface area (Å²) < 4.78 is 0. The van der Waals surface area contributed by atoms with Gasteiger partial charge in [-0.05, 0) is 30.5 Å². The van der Waals surface area contributed by atoms with Crippen molar-refractivity contribution in [1.29, 1.82) is 0 Å². The van der Waals surface area contributed by atoms with Crippen LogP contribution >= 0.6 is 0 Å². The summed E-state index contributed by atoms with van der Waals surface area (Å²) in [6.45, 7) is 3.58. The summed E-state index contributed by atoms with van der Waals surface area (Å²) in [7, 11) is 0. The second-order valence-electron chi connectivity index (χ2n) is 5.25. The summed E-state index contributed by atoms with van der Waals surface area (Å²) in [4.78, 5) is 7.37. The van der Waals surface area contributed by atoms with Crippen LogP contribution in [0.25, 0.3) is 16.5 Å². The summed E-state index contributed by atoms with van der Waals surface area (Å²) in [6.07, 6.45) is 2.48. The van der Waals surface area contributed by atoms with Crippen LogP contribution in [0.1, 0.15) is 18.5 Å². The smallest absolute Gasteiger partial charge is 0.0709 e. The zero-order valence-electron chi connectivity index (χ0n) is 10.4. The summed E-state index contributed by atoms with van der Waals surface area (Å²) in [5.74, 6) is 0. The molecule has 0 radical (unpaired) electrons. The van der Waals surface area contributed by atoms with E-state index in [1.54, 1.807) is 5.57 Å². The van der Waals surface area contributed by atoms with Gasteiger partial charge in [-0.3, -0.25) is 4.90 Å². The molecule has 4 heterocycles. The minimum atomic E-state index is 1.10. The van der Waals surface area contributed by atoms with Gasteiger partial charge in [0.1, 0.15) is 0 Å². The van der Waals surface area contributed by atoms with Crippen molar-refractivity contribution < 1.29 is 0 Å². The Morgan fingerprint density at radius 1 is 0.944 bits per heavy atom. The fraction of sp³-hybridized carbons (Fsp3) is 0.312. The first-order chi connectivity index (χ1) is 8.90. The lowest BCUT2D eigenvalue weighted by molar-refractivity contribution is 0.268. The average molecular weight is 236 g/mol. The third-order valence-corrected chi connectivity index (χ3v) is 4.18. The highest BCUT2D eigenvalue weighted by Crippen LogP contribution is 2.33. The largest absolute Gasteiger partial charge is 0.298 e. The number of fused-ring (bicyclic) bond motifs is 4. The Hall–Kier alpha value is -1.67. The lowest BCUT2D eigenvalue weighted by atomic mass is 9.90. The number of benzene rings is 1. The fourth-order valence-corrected chi connectivity index (χ4v) is 3.11. The van der Waals surface area contributed by atoms with Crippen molar-refractivity contribution in [1.82, 2.24) is 9.88 Å². The van der Waals surface area contributed by atoms with Gasteiger partial charge >= 0.3 is 0 Å². The predicted molar refractivity (Wildman–Crippen MR) is 74.3 cm³/mol. The molecule has 0 spiro atoms. The maximum atomic E-state index is 4.83. The second kappa shape index (κ2) is 3.92. The van der Waals surface area contributed by atoms with Gasteiger partial charge in [0.2, 0.25) is 0 Å². The first-order valence-electron chi connectivity index (χ1n) is 6.69. The molecule has 0 atom stereocenters. The Morgan fingerprint density at radius 2 is 1.78 bits per heavy atom. The molecule has 90 valence electrons. The molecule has 0 saturated carbocycles. The Labute approximate surface area is 107 Å². The molecule has 1 aromatic carbocycles. The average Bonchev–Trinajstić information content (AvgIpc) is 2.48. The summed E-state index contributed by atoms with van der Waals surface area (Å²) >= 11 is 0. The zero-order valence-corrected chi connectivity index (χ0v) is 10.4. The van der Waals surface area contributed by atoms with E-state index in [0.29, 0.717) is 0 Å². The molecule has 2 nitrogen and oxygen atoms in total. The Kier molecular flexibility index (Phi) is 2.24. The van der Waals surface area contributed by atoms with Gasteiger partial charge in [-0.1, -0.05) is 29.8 Å². The molecule has 2 aromatic rings. The summed E-state index contributed by atoms with van der Waals surface area (Å²) in [6, 6.07) is 12.7. The molecular weight excluding hydrogens is 220 g/mol. The highest BCUT2D eigenvalue weighted by molar-refractivity contribution is 5.81. The molecule has 0 amide bonds. The van der Waals surface area contributed by atoms with E-state index in [9.17, 15) is 0 Å². The molecule has 2 heteroatoms. The first kappa shape index (κ1) is 10.3. The molecule has 1 saturated heterocycles. The fourth-order valence-electron chi connectivity index (χ4n) is 3.11. The standard InChI is InChI=1S/C16H16N2/c1-2-4-15-13(3-1)5-6-16(17-15)14-11-18-9-7-12(14)8-10-18/h1-6H,7-11H2. The molecular formula is C16H16N2. The SMILES string of the molecule is c1ccc2nc(C3=C4CCN(CC4)C3)ccc2c1. The zero-order chi connectivity index (χ0) is 11.9. The van der Waals surface area contributed by atoms with Crippen molar-refractivity contribution in [3.05, 3.63) is 47.7 Å². The van der Waals surface area contributed by atoms with Gasteiger partial charge in [0.15, 0.2) is 0 Å². The normalized spacial score (nSPS) is 19.8. The lowest BCUT2D eigenvalue weighted by Crippen LogP contribution is -2.37. The van der Waals surface area contributed by atoms with Crippen molar-refractivity contribution in [2.75, 3.05) is 19.6 Å². The van der Waals surface area contributed by atoms with Gasteiger partial charge in [0, 0.05) is 25.0 Å². The van der Waals surface area contributed by atoms with E-state index in [0.717, 1.165) is 12.1 Å². The van der Waals surface area contributed by atoms with E-state index in [4.69, 9.17) is 4.98 Å². The number of rotatable bonds is 1. The molecule has 2 bridgehead atoms. The molecule has 0 N–H and O–H groups in total. The molecule has 18 heavy (non-hydrogen) atoms. The van der Waals surface area contributed by atoms with E-state index in [1.165, 1.54) is 42.6 Å². The summed E-state index contributed by atoms with van der Waals surface area (Å²) in [5, 5.41) is 1.23. The Morgan fingerprint density at radius 3 is 2.56 bits per heavy atom. The highest BCUT2D eigenvalue weighted by Gasteiger charge is 2.25. The van der Waals surface area contributed by atoms with Gasteiger partial charge in [0.05, 0.1) is 11.2 Å². The number of piperidine rings is 1. The molecule has 1 aromatic heterocycles. The second-order valence-corrected chi connectivity index (χ2v) is 5.25. The van der Waals surface area contributed by atoms with E-state index in [2.05, 4.69) is 41.3 Å². The van der Waals surface area contributed by atoms with Crippen LogP contribution in [0.5, 0.6) is 0 Å². The van der Waals surface area contributed by atoms with E-state index in [1.807, 2.05) is 0 Å². The monoisotopic (exact) mass is 236 g/mol. The number of hydrogen-bond donors (Lipinski definition) is 0. The van der Waals surface area contributed by atoms with Crippen LogP contribution < -0.4 is 0 Å². The summed E-state index contributed by atoms with van der Waals surface area (Å²) in [5.41, 5.74) is 5.42. The van der Waals surface area contributed by atoms with Gasteiger partial charge in [-0.25, -0.2) is 4.98 Å². The molecule has 0 unspecified atom stereocenters. The molecule has 5 rings (SSSR count). The molecule has 0 aliphatic carbocycles. The van der Waals surface area contributed by atoms with E-state index in [-0.39, 0.29) is 0 Å². The number of nitrogens with zero attached hydrogens (tertiary/aromatic N) is 2. The minimum Gasteiger partial charge on any atom is -0.298 e. The molecule has 3 aliphatic heterocycles. The highest BCUT2D eigenvalue weighted by atomic mass is 15.1. The van der Waals surface area contributed by atoms with Gasteiger partial charge in [-0.2, -0.15) is 0 Å². The van der Waals surface area contributed by atoms with Crippen molar-refractivity contribution in [2.45, 2.75) is 12.8 Å². The predicted octanol–water partition coefficient (Wildman–Crippen LogP) is 3.10. The van der Waals surface area contributed by atoms with Crippen LogP contribution in [0.15, 0.2) is 42.0 Å². The maximum Gasteiger partial charge on any atom is 0.0709 e. The number of pyridine rings is 1.